The van der Waals surface area contributed by atoms with Gasteiger partial charge in [-0.05, 0) is 52.0 Å². The highest BCUT2D eigenvalue weighted by Crippen LogP contribution is 2.46. The zero-order chi connectivity index (χ0) is 31.4. The van der Waals surface area contributed by atoms with Crippen LogP contribution in [0.25, 0.3) is 0 Å². The minimum atomic E-state index is -4.35. The average molecular weight is 626 g/mol. The van der Waals surface area contributed by atoms with Gasteiger partial charge in [-0.25, -0.2) is 13.8 Å². The second-order valence-electron chi connectivity index (χ2n) is 8.62. The number of benzene rings is 1. The van der Waals surface area contributed by atoms with E-state index in [1.54, 1.807) is 13.8 Å². The molecule has 1 heterocycles. The van der Waals surface area contributed by atoms with Gasteiger partial charge in [0.25, 0.3) is 11.4 Å². The highest BCUT2D eigenvalue weighted by Gasteiger charge is 2.43. The van der Waals surface area contributed by atoms with Crippen LogP contribution in [0, 0.1) is 0 Å². The minimum absolute atomic E-state index is 0.0829. The van der Waals surface area contributed by atoms with Gasteiger partial charge in [0, 0.05) is 31.3 Å². The zero-order valence-electron chi connectivity index (χ0n) is 23.3. The molecule has 0 bridgehead atoms. The van der Waals surface area contributed by atoms with Crippen LogP contribution in [-0.2, 0) is 39.6 Å². The number of hydrogen-bond donors (Lipinski definition) is 3. The molecule has 0 saturated heterocycles. The highest BCUT2D eigenvalue weighted by molar-refractivity contribution is 7.52. The molecule has 230 valence electrons. The molecule has 0 radical (unpaired) electrons. The number of nitrogens with one attached hydrogen (secondary N) is 2. The van der Waals surface area contributed by atoms with Crippen LogP contribution < -0.4 is 20.9 Å². The molecular formula is C24H34ClFN3O11P. The largest absolute Gasteiger partial charge is 0.462 e. The summed E-state index contributed by atoms with van der Waals surface area (Å²) in [5.74, 6) is -4.02. The molecule has 0 fully saturated rings. The van der Waals surface area contributed by atoms with Crippen LogP contribution in [0.1, 0.15) is 34.6 Å². The first-order valence-electron chi connectivity index (χ1n) is 12.0. The number of carbonyl (C=O) groups excluding carboxylic acids is 2. The lowest BCUT2D eigenvalue weighted by atomic mass is 10.2. The van der Waals surface area contributed by atoms with E-state index in [9.17, 15) is 23.7 Å². The number of hydrogen-bond acceptors (Lipinski definition) is 11. The number of H-pyrrole nitrogens is 1. The Hall–Kier alpha value is -3.07. The third-order valence-corrected chi connectivity index (χ3v) is 6.74. The molecular weight excluding hydrogens is 592 g/mol. The molecule has 2 unspecified atom stereocenters. The summed E-state index contributed by atoms with van der Waals surface area (Å²) in [6.07, 6.45) is -0.575. The van der Waals surface area contributed by atoms with Crippen LogP contribution in [0.3, 0.4) is 0 Å². The number of aromatic amines is 1. The van der Waals surface area contributed by atoms with Crippen LogP contribution >= 0.6 is 19.3 Å². The molecule has 2 aromatic rings. The van der Waals surface area contributed by atoms with Gasteiger partial charge >= 0.3 is 25.4 Å². The number of carbonyl (C=O) groups is 2. The van der Waals surface area contributed by atoms with Crippen LogP contribution in [0.2, 0.25) is 5.02 Å². The average Bonchev–Trinajstić information content (AvgIpc) is 2.88. The third kappa shape index (κ3) is 12.5. The first-order valence-corrected chi connectivity index (χ1v) is 14.0. The standard InChI is InChI=1S/C19H28ClFNO8P.C5H6N2O3/c1-12(2)28-18(24)13(3)22-31(25,30-17-9-7-16(20)8-10-17)27-11-19(21,26-6)14(4)29-15(5)23;8-3-7-2-1-4(9)6-5(7)10/h7-10,12-14H,11H2,1-6H3,(H,22,25);1-2,8H,3H2,(H,6,9,10)/t13?,14-,19+,31?;/m0./s1. The Bertz CT molecular complexity index is 1300. The molecule has 4 atom stereocenters. The van der Waals surface area contributed by atoms with Crippen molar-refractivity contribution in [2.24, 2.45) is 0 Å². The van der Waals surface area contributed by atoms with E-state index < -0.39 is 68.4 Å². The van der Waals surface area contributed by atoms with Gasteiger partial charge in [-0.2, -0.15) is 5.09 Å². The maximum atomic E-state index is 15.1. The van der Waals surface area contributed by atoms with Crippen molar-refractivity contribution in [3.05, 3.63) is 62.4 Å². The summed E-state index contributed by atoms with van der Waals surface area (Å²) in [4.78, 5) is 46.3. The van der Waals surface area contributed by atoms with Gasteiger partial charge < -0.3 is 23.8 Å². The predicted octanol–water partition coefficient (Wildman–Crippen LogP) is 2.52. The van der Waals surface area contributed by atoms with Gasteiger partial charge in [0.05, 0.1) is 6.10 Å². The van der Waals surface area contributed by atoms with E-state index >= 15 is 4.39 Å². The number of aromatic nitrogens is 2. The maximum absolute atomic E-state index is 15.1. The van der Waals surface area contributed by atoms with Crippen LogP contribution in [-0.4, -0.2) is 64.4 Å². The predicted molar refractivity (Wildman–Crippen MR) is 145 cm³/mol. The van der Waals surface area contributed by atoms with Crippen molar-refractivity contribution in [3.8, 4) is 5.75 Å². The quantitative estimate of drug-likeness (QED) is 0.219. The third-order valence-electron chi connectivity index (χ3n) is 4.87. The van der Waals surface area contributed by atoms with Crippen molar-refractivity contribution in [2.45, 2.75) is 65.5 Å². The smallest absolute Gasteiger partial charge is 0.459 e. The van der Waals surface area contributed by atoms with Gasteiger partial charge in [-0.1, -0.05) is 11.6 Å². The van der Waals surface area contributed by atoms with Crippen LogP contribution in [0.4, 0.5) is 4.39 Å². The minimum Gasteiger partial charge on any atom is -0.462 e. The van der Waals surface area contributed by atoms with E-state index in [4.69, 9.17) is 40.0 Å². The highest BCUT2D eigenvalue weighted by atomic mass is 35.5. The number of rotatable bonds is 13. The van der Waals surface area contributed by atoms with E-state index in [0.717, 1.165) is 24.7 Å². The van der Waals surface area contributed by atoms with Crippen molar-refractivity contribution in [3.63, 3.8) is 0 Å². The fourth-order valence-electron chi connectivity index (χ4n) is 2.76. The zero-order valence-corrected chi connectivity index (χ0v) is 24.9. The number of alkyl halides is 1. The van der Waals surface area contributed by atoms with E-state index in [-0.39, 0.29) is 5.75 Å². The molecule has 0 spiro atoms. The summed E-state index contributed by atoms with van der Waals surface area (Å²) < 4.78 is 54.8. The molecule has 0 aliphatic carbocycles. The Labute approximate surface area is 240 Å². The fraction of sp³-hybridized carbons (Fsp3) is 0.500. The Kier molecular flexibility index (Phi) is 14.4. The molecule has 0 aliphatic rings. The lowest BCUT2D eigenvalue weighted by Gasteiger charge is -2.31. The van der Waals surface area contributed by atoms with Gasteiger partial charge in [-0.15, -0.1) is 0 Å². The molecule has 14 nitrogen and oxygen atoms in total. The lowest BCUT2D eigenvalue weighted by molar-refractivity contribution is -0.216. The van der Waals surface area contributed by atoms with Crippen molar-refractivity contribution in [2.75, 3.05) is 13.7 Å². The van der Waals surface area contributed by atoms with Crippen LogP contribution in [0.5, 0.6) is 5.75 Å². The van der Waals surface area contributed by atoms with Crippen molar-refractivity contribution in [1.29, 1.82) is 0 Å². The molecule has 3 N–H and O–H groups in total. The number of halogens is 2. The molecule has 41 heavy (non-hydrogen) atoms. The van der Waals surface area contributed by atoms with Crippen LogP contribution in [0.15, 0.2) is 46.1 Å². The molecule has 2 rings (SSSR count). The van der Waals surface area contributed by atoms with E-state index in [1.165, 1.54) is 44.3 Å². The summed E-state index contributed by atoms with van der Waals surface area (Å²) in [7, 11) is -3.32. The second kappa shape index (κ2) is 16.4. The van der Waals surface area contributed by atoms with Gasteiger partial charge in [0.2, 0.25) is 0 Å². The first-order chi connectivity index (χ1) is 19.0. The van der Waals surface area contributed by atoms with Crippen molar-refractivity contribution in [1.82, 2.24) is 14.6 Å². The van der Waals surface area contributed by atoms with Crippen molar-refractivity contribution >= 4 is 31.3 Å². The normalized spacial score (nSPS) is 15.4. The number of aliphatic hydroxyl groups excluding tert-OH is 1. The SMILES string of the molecule is CO[C@](F)(COP(=O)(NC(C)C(=O)OC(C)C)Oc1ccc(Cl)cc1)[C@H](C)OC(C)=O.O=c1ccn(CO)c(=O)[nH]1. The van der Waals surface area contributed by atoms with Gasteiger partial charge in [-0.3, -0.25) is 28.5 Å². The monoisotopic (exact) mass is 625 g/mol. The number of ether oxygens (including phenoxy) is 3. The molecule has 17 heteroatoms. The molecule has 0 amide bonds. The Morgan fingerprint density at radius 3 is 2.24 bits per heavy atom. The summed E-state index contributed by atoms with van der Waals surface area (Å²) in [5, 5.41) is 11.3. The summed E-state index contributed by atoms with van der Waals surface area (Å²) in [5.41, 5.74) is -1.07. The first kappa shape index (κ1) is 36.0. The summed E-state index contributed by atoms with van der Waals surface area (Å²) in [6.45, 7) is 5.67. The number of esters is 2. The van der Waals surface area contributed by atoms with E-state index in [2.05, 4.69) is 5.09 Å². The second-order valence-corrected chi connectivity index (χ2v) is 10.7. The van der Waals surface area contributed by atoms with Gasteiger partial charge in [0.1, 0.15) is 25.1 Å². The van der Waals surface area contributed by atoms with Gasteiger partial charge in [0.15, 0.2) is 6.10 Å². The van der Waals surface area contributed by atoms with E-state index in [0.29, 0.717) is 5.02 Å². The number of nitrogens with zero attached hydrogens (tertiary/aromatic N) is 1. The Morgan fingerprint density at radius 1 is 1.15 bits per heavy atom. The molecule has 1 aromatic heterocycles. The molecule has 1 aromatic carbocycles. The fourth-order valence-corrected chi connectivity index (χ4v) is 4.39. The molecule has 0 aliphatic heterocycles. The Balaban J connectivity index is 0.000000702. The Morgan fingerprint density at radius 2 is 1.76 bits per heavy atom. The van der Waals surface area contributed by atoms with E-state index in [1.807, 2.05) is 4.98 Å². The van der Waals surface area contributed by atoms with Crippen molar-refractivity contribution < 1.29 is 46.9 Å². The topological polar surface area (TPSA) is 184 Å². The number of aliphatic hydroxyl groups is 1. The molecule has 0 saturated carbocycles. The number of methoxy groups -OCH3 is 1. The lowest BCUT2D eigenvalue weighted by Crippen LogP contribution is -2.45. The summed E-state index contributed by atoms with van der Waals surface area (Å²) >= 11 is 5.83. The summed E-state index contributed by atoms with van der Waals surface area (Å²) in [6, 6.07) is 5.83. The maximum Gasteiger partial charge on any atom is 0.459 e.